The van der Waals surface area contributed by atoms with Gasteiger partial charge < -0.3 is 16.0 Å². The topological polar surface area (TPSA) is 75.4 Å². The molecular formula is C18H27ClFN3O2. The van der Waals surface area contributed by atoms with Crippen molar-refractivity contribution >= 4 is 24.2 Å². The summed E-state index contributed by atoms with van der Waals surface area (Å²) in [5.74, 6) is -0.592. The van der Waals surface area contributed by atoms with E-state index in [-0.39, 0.29) is 36.2 Å². The smallest absolute Gasteiger partial charge is 0.251 e. The molecule has 1 heterocycles. The highest BCUT2D eigenvalue weighted by molar-refractivity contribution is 5.97. The summed E-state index contributed by atoms with van der Waals surface area (Å²) in [5, 5.41) is 2.80. The molecule has 1 fully saturated rings. The van der Waals surface area contributed by atoms with Crippen LogP contribution in [0.15, 0.2) is 24.3 Å². The van der Waals surface area contributed by atoms with Crippen molar-refractivity contribution in [1.82, 2.24) is 10.2 Å². The standard InChI is InChI=1S/C18H26FN3O2.ClH/c1-11(2)16(18(24)22-10-13(9-20)8-12(22)3)21-17(23)14-4-6-15(19)7-5-14;/h4-7,11-13,16H,8-10,20H2,1-3H3,(H,21,23);1H. The van der Waals surface area contributed by atoms with Crippen LogP contribution in [0.2, 0.25) is 0 Å². The van der Waals surface area contributed by atoms with Crippen LogP contribution in [0.3, 0.4) is 0 Å². The molecule has 0 spiro atoms. The Morgan fingerprint density at radius 2 is 1.92 bits per heavy atom. The molecule has 0 radical (unpaired) electrons. The van der Waals surface area contributed by atoms with Crippen LogP contribution in [0.25, 0.3) is 0 Å². The van der Waals surface area contributed by atoms with Crippen molar-refractivity contribution in [3.8, 4) is 0 Å². The van der Waals surface area contributed by atoms with E-state index < -0.39 is 11.9 Å². The Labute approximate surface area is 154 Å². The maximum absolute atomic E-state index is 13.0. The molecule has 2 amide bonds. The van der Waals surface area contributed by atoms with Gasteiger partial charge >= 0.3 is 0 Å². The average molecular weight is 372 g/mol. The van der Waals surface area contributed by atoms with Crippen LogP contribution in [0.4, 0.5) is 4.39 Å². The van der Waals surface area contributed by atoms with E-state index in [9.17, 15) is 14.0 Å². The van der Waals surface area contributed by atoms with Crippen LogP contribution in [-0.2, 0) is 4.79 Å². The molecule has 3 atom stereocenters. The minimum Gasteiger partial charge on any atom is -0.340 e. The van der Waals surface area contributed by atoms with Crippen LogP contribution < -0.4 is 11.1 Å². The third kappa shape index (κ3) is 5.16. The molecule has 5 nitrogen and oxygen atoms in total. The lowest BCUT2D eigenvalue weighted by Crippen LogP contribution is -2.52. The zero-order valence-corrected chi connectivity index (χ0v) is 15.7. The summed E-state index contributed by atoms with van der Waals surface area (Å²) in [6, 6.07) is 4.80. The molecule has 0 aromatic heterocycles. The third-order valence-electron chi connectivity index (χ3n) is 4.60. The highest BCUT2D eigenvalue weighted by Gasteiger charge is 2.36. The molecule has 1 aliphatic heterocycles. The van der Waals surface area contributed by atoms with Gasteiger partial charge in [0, 0.05) is 18.2 Å². The Morgan fingerprint density at radius 3 is 2.40 bits per heavy atom. The number of benzene rings is 1. The van der Waals surface area contributed by atoms with Gasteiger partial charge in [-0.2, -0.15) is 0 Å². The zero-order valence-electron chi connectivity index (χ0n) is 14.9. The largest absolute Gasteiger partial charge is 0.340 e. The molecule has 0 bridgehead atoms. The number of carbonyl (C=O) groups excluding carboxylic acids is 2. The summed E-state index contributed by atoms with van der Waals surface area (Å²) in [5.41, 5.74) is 6.06. The lowest BCUT2D eigenvalue weighted by atomic mass is 10.0. The summed E-state index contributed by atoms with van der Waals surface area (Å²) >= 11 is 0. The van der Waals surface area contributed by atoms with Gasteiger partial charge in [-0.3, -0.25) is 9.59 Å². The fraction of sp³-hybridized carbons (Fsp3) is 0.556. The van der Waals surface area contributed by atoms with Crippen LogP contribution in [0, 0.1) is 17.7 Å². The van der Waals surface area contributed by atoms with E-state index in [1.165, 1.54) is 24.3 Å². The summed E-state index contributed by atoms with van der Waals surface area (Å²) in [7, 11) is 0. The molecule has 0 saturated carbocycles. The fourth-order valence-corrected chi connectivity index (χ4v) is 3.14. The molecule has 3 unspecified atom stereocenters. The van der Waals surface area contributed by atoms with E-state index in [0.29, 0.717) is 24.6 Å². The maximum atomic E-state index is 13.0. The SMILES string of the molecule is CC(C)C(NC(=O)c1ccc(F)cc1)C(=O)N1CC(CN)CC1C.Cl. The van der Waals surface area contributed by atoms with Gasteiger partial charge in [-0.05, 0) is 56.0 Å². The van der Waals surface area contributed by atoms with Crippen molar-refractivity contribution in [2.24, 2.45) is 17.6 Å². The number of nitrogens with one attached hydrogen (secondary N) is 1. The number of hydrogen-bond acceptors (Lipinski definition) is 3. The molecule has 1 aliphatic rings. The van der Waals surface area contributed by atoms with Crippen molar-refractivity contribution in [3.05, 3.63) is 35.6 Å². The lowest BCUT2D eigenvalue weighted by Gasteiger charge is -2.29. The van der Waals surface area contributed by atoms with Crippen molar-refractivity contribution in [1.29, 1.82) is 0 Å². The molecule has 1 aromatic rings. The summed E-state index contributed by atoms with van der Waals surface area (Å²) in [4.78, 5) is 27.1. The highest BCUT2D eigenvalue weighted by Crippen LogP contribution is 2.24. The number of rotatable bonds is 5. The quantitative estimate of drug-likeness (QED) is 0.833. The van der Waals surface area contributed by atoms with Gasteiger partial charge in [0.2, 0.25) is 5.91 Å². The monoisotopic (exact) mass is 371 g/mol. The molecule has 1 aromatic carbocycles. The molecule has 0 aliphatic carbocycles. The first-order valence-corrected chi connectivity index (χ1v) is 8.40. The second kappa shape index (κ2) is 9.15. The number of hydrogen-bond donors (Lipinski definition) is 2. The zero-order chi connectivity index (χ0) is 17.9. The van der Waals surface area contributed by atoms with Gasteiger partial charge in [-0.15, -0.1) is 12.4 Å². The van der Waals surface area contributed by atoms with Gasteiger partial charge in [-0.25, -0.2) is 4.39 Å². The van der Waals surface area contributed by atoms with Gasteiger partial charge in [-0.1, -0.05) is 13.8 Å². The van der Waals surface area contributed by atoms with Crippen LogP contribution in [0.5, 0.6) is 0 Å². The number of carbonyl (C=O) groups is 2. The Balaban J connectivity index is 0.00000312. The van der Waals surface area contributed by atoms with Crippen molar-refractivity contribution < 1.29 is 14.0 Å². The van der Waals surface area contributed by atoms with E-state index >= 15 is 0 Å². The first-order chi connectivity index (χ1) is 11.3. The normalized spacial score (nSPS) is 21.0. The fourth-order valence-electron chi connectivity index (χ4n) is 3.14. The number of halogens is 2. The van der Waals surface area contributed by atoms with Crippen molar-refractivity contribution in [2.45, 2.75) is 39.3 Å². The van der Waals surface area contributed by atoms with Crippen LogP contribution in [0.1, 0.15) is 37.6 Å². The van der Waals surface area contributed by atoms with Crippen molar-refractivity contribution in [3.63, 3.8) is 0 Å². The Morgan fingerprint density at radius 1 is 1.32 bits per heavy atom. The van der Waals surface area contributed by atoms with Crippen LogP contribution in [-0.4, -0.2) is 41.9 Å². The molecule has 2 rings (SSSR count). The van der Waals surface area contributed by atoms with E-state index in [2.05, 4.69) is 5.32 Å². The first-order valence-electron chi connectivity index (χ1n) is 8.40. The predicted molar refractivity (Wildman–Crippen MR) is 98.1 cm³/mol. The van der Waals surface area contributed by atoms with Gasteiger partial charge in [0.25, 0.3) is 5.91 Å². The number of likely N-dealkylation sites (tertiary alicyclic amines) is 1. The van der Waals surface area contributed by atoms with Crippen LogP contribution >= 0.6 is 12.4 Å². The second-order valence-corrected chi connectivity index (χ2v) is 6.88. The second-order valence-electron chi connectivity index (χ2n) is 6.88. The Hall–Kier alpha value is -1.66. The summed E-state index contributed by atoms with van der Waals surface area (Å²) < 4.78 is 13.0. The van der Waals surface area contributed by atoms with Gasteiger partial charge in [0.1, 0.15) is 11.9 Å². The van der Waals surface area contributed by atoms with Crippen molar-refractivity contribution in [2.75, 3.05) is 13.1 Å². The molecule has 25 heavy (non-hydrogen) atoms. The number of nitrogens with two attached hydrogens (primary N) is 1. The lowest BCUT2D eigenvalue weighted by molar-refractivity contribution is -0.135. The first kappa shape index (κ1) is 21.4. The Kier molecular flexibility index (Phi) is 7.83. The van der Waals surface area contributed by atoms with E-state index in [1.54, 1.807) is 0 Å². The van der Waals surface area contributed by atoms with E-state index in [0.717, 1.165) is 6.42 Å². The molecule has 140 valence electrons. The summed E-state index contributed by atoms with van der Waals surface area (Å²) in [6.07, 6.45) is 0.888. The Bertz CT molecular complexity index is 594. The summed E-state index contributed by atoms with van der Waals surface area (Å²) in [6.45, 7) is 6.99. The third-order valence-corrected chi connectivity index (χ3v) is 4.60. The number of amides is 2. The number of nitrogens with zero attached hydrogens (tertiary/aromatic N) is 1. The van der Waals surface area contributed by atoms with E-state index in [1.807, 2.05) is 25.7 Å². The van der Waals surface area contributed by atoms with Gasteiger partial charge in [0.05, 0.1) is 0 Å². The average Bonchev–Trinajstić information content (AvgIpc) is 2.93. The van der Waals surface area contributed by atoms with Gasteiger partial charge in [0.15, 0.2) is 0 Å². The molecule has 1 saturated heterocycles. The minimum absolute atomic E-state index is 0. The van der Waals surface area contributed by atoms with E-state index in [4.69, 9.17) is 5.73 Å². The molecule has 3 N–H and O–H groups in total. The molecule has 7 heteroatoms. The maximum Gasteiger partial charge on any atom is 0.251 e. The minimum atomic E-state index is -0.610. The highest BCUT2D eigenvalue weighted by atomic mass is 35.5. The predicted octanol–water partition coefficient (Wildman–Crippen LogP) is 2.20. The molecular weight excluding hydrogens is 345 g/mol.